The molecule has 1 saturated heterocycles. The fourth-order valence-corrected chi connectivity index (χ4v) is 2.73. The molecule has 1 heterocycles. The smallest absolute Gasteiger partial charge is 0.323 e. The lowest BCUT2D eigenvalue weighted by atomic mass is 9.81. The number of nitrogens with zero attached hydrogens (tertiary/aromatic N) is 1. The highest BCUT2D eigenvalue weighted by Gasteiger charge is 2.38. The standard InChI is InChI=1S/C15H19ClN2O3/c1-15(7-2-8-17-10-15)14(21)18(9-13(19)20)12-5-3-11(16)4-6-12/h3-6,17H,2,7-10H2,1H3,(H,19,20). The number of halogens is 1. The molecule has 2 N–H and O–H groups in total. The number of carbonyl (C=O) groups is 2. The molecule has 1 aromatic carbocycles. The third-order valence-electron chi connectivity index (χ3n) is 3.79. The highest BCUT2D eigenvalue weighted by Crippen LogP contribution is 2.30. The van der Waals surface area contributed by atoms with Crippen LogP contribution in [0.25, 0.3) is 0 Å². The quantitative estimate of drug-likeness (QED) is 0.894. The first-order valence-corrected chi connectivity index (χ1v) is 7.30. The van der Waals surface area contributed by atoms with Crippen LogP contribution in [-0.4, -0.2) is 36.6 Å². The summed E-state index contributed by atoms with van der Waals surface area (Å²) in [5.74, 6) is -1.20. The van der Waals surface area contributed by atoms with Gasteiger partial charge in [0.1, 0.15) is 6.54 Å². The normalized spacial score (nSPS) is 21.8. The second kappa shape index (κ2) is 6.45. The van der Waals surface area contributed by atoms with Gasteiger partial charge < -0.3 is 15.3 Å². The summed E-state index contributed by atoms with van der Waals surface area (Å²) in [6.07, 6.45) is 1.66. The van der Waals surface area contributed by atoms with Gasteiger partial charge in [0.2, 0.25) is 5.91 Å². The van der Waals surface area contributed by atoms with Gasteiger partial charge in [0, 0.05) is 17.3 Å². The van der Waals surface area contributed by atoms with Crippen molar-refractivity contribution < 1.29 is 14.7 Å². The Kier molecular flexibility index (Phi) is 4.85. The molecular formula is C15H19ClN2O3. The lowest BCUT2D eigenvalue weighted by molar-refractivity contribution is -0.138. The second-order valence-electron chi connectivity index (χ2n) is 5.60. The van der Waals surface area contributed by atoms with Crippen LogP contribution in [0, 0.1) is 5.41 Å². The Morgan fingerprint density at radius 1 is 1.38 bits per heavy atom. The monoisotopic (exact) mass is 310 g/mol. The predicted octanol–water partition coefficient (Wildman–Crippen LogP) is 2.15. The maximum Gasteiger partial charge on any atom is 0.323 e. The van der Waals surface area contributed by atoms with Crippen LogP contribution in [-0.2, 0) is 9.59 Å². The van der Waals surface area contributed by atoms with Crippen molar-refractivity contribution in [1.82, 2.24) is 5.32 Å². The van der Waals surface area contributed by atoms with E-state index in [-0.39, 0.29) is 12.5 Å². The third-order valence-corrected chi connectivity index (χ3v) is 4.04. The number of benzene rings is 1. The number of hydrogen-bond donors (Lipinski definition) is 2. The van der Waals surface area contributed by atoms with Gasteiger partial charge in [-0.15, -0.1) is 0 Å². The molecule has 0 spiro atoms. The maximum atomic E-state index is 12.8. The first-order valence-electron chi connectivity index (χ1n) is 6.92. The van der Waals surface area contributed by atoms with Gasteiger partial charge in [-0.2, -0.15) is 0 Å². The van der Waals surface area contributed by atoms with Gasteiger partial charge in [-0.25, -0.2) is 0 Å². The summed E-state index contributed by atoms with van der Waals surface area (Å²) in [7, 11) is 0. The summed E-state index contributed by atoms with van der Waals surface area (Å²) in [6.45, 7) is 2.99. The number of anilines is 1. The Morgan fingerprint density at radius 2 is 2.05 bits per heavy atom. The van der Waals surface area contributed by atoms with Gasteiger partial charge in [0.05, 0.1) is 5.41 Å². The number of nitrogens with one attached hydrogen (secondary N) is 1. The number of carboxylic acids is 1. The summed E-state index contributed by atoms with van der Waals surface area (Å²) < 4.78 is 0. The number of carboxylic acid groups (broad SMARTS) is 1. The zero-order valence-corrected chi connectivity index (χ0v) is 12.7. The van der Waals surface area contributed by atoms with E-state index >= 15 is 0 Å². The summed E-state index contributed by atoms with van der Waals surface area (Å²) in [5, 5.41) is 12.9. The van der Waals surface area contributed by atoms with E-state index in [9.17, 15) is 9.59 Å². The van der Waals surface area contributed by atoms with Crippen LogP contribution < -0.4 is 10.2 Å². The van der Waals surface area contributed by atoms with Crippen LogP contribution >= 0.6 is 11.6 Å². The van der Waals surface area contributed by atoms with Gasteiger partial charge in [-0.1, -0.05) is 11.6 Å². The minimum atomic E-state index is -1.04. The predicted molar refractivity (Wildman–Crippen MR) is 81.7 cm³/mol. The Labute approximate surface area is 128 Å². The van der Waals surface area contributed by atoms with Crippen molar-refractivity contribution in [3.8, 4) is 0 Å². The molecule has 5 nitrogen and oxygen atoms in total. The van der Waals surface area contributed by atoms with Crippen molar-refractivity contribution in [3.05, 3.63) is 29.3 Å². The molecule has 0 saturated carbocycles. The average molecular weight is 311 g/mol. The minimum Gasteiger partial charge on any atom is -0.480 e. The number of hydrogen-bond acceptors (Lipinski definition) is 3. The largest absolute Gasteiger partial charge is 0.480 e. The topological polar surface area (TPSA) is 69.6 Å². The highest BCUT2D eigenvalue weighted by molar-refractivity contribution is 6.30. The number of amides is 1. The van der Waals surface area contributed by atoms with Gasteiger partial charge >= 0.3 is 5.97 Å². The summed E-state index contributed by atoms with van der Waals surface area (Å²) in [5.41, 5.74) is -0.0218. The second-order valence-corrected chi connectivity index (χ2v) is 6.04. The van der Waals surface area contributed by atoms with E-state index in [2.05, 4.69) is 5.32 Å². The van der Waals surface area contributed by atoms with Gasteiger partial charge in [0.15, 0.2) is 0 Å². The first kappa shape index (κ1) is 15.8. The highest BCUT2D eigenvalue weighted by atomic mass is 35.5. The molecule has 21 heavy (non-hydrogen) atoms. The van der Waals surface area contributed by atoms with Crippen molar-refractivity contribution >= 4 is 29.2 Å². The maximum absolute atomic E-state index is 12.8. The van der Waals surface area contributed by atoms with Crippen molar-refractivity contribution in [3.63, 3.8) is 0 Å². The molecule has 0 aromatic heterocycles. The van der Waals surface area contributed by atoms with Gasteiger partial charge in [-0.3, -0.25) is 9.59 Å². The summed E-state index contributed by atoms with van der Waals surface area (Å²) >= 11 is 5.85. The molecule has 114 valence electrons. The molecule has 2 rings (SSSR count). The average Bonchev–Trinajstić information content (AvgIpc) is 2.46. The van der Waals surface area contributed by atoms with E-state index in [4.69, 9.17) is 16.7 Å². The van der Waals surface area contributed by atoms with E-state index in [1.54, 1.807) is 24.3 Å². The number of rotatable bonds is 4. The zero-order chi connectivity index (χ0) is 15.5. The first-order chi connectivity index (χ1) is 9.92. The van der Waals surface area contributed by atoms with Crippen LogP contribution in [0.1, 0.15) is 19.8 Å². The van der Waals surface area contributed by atoms with E-state index in [1.165, 1.54) is 4.90 Å². The fourth-order valence-electron chi connectivity index (χ4n) is 2.60. The molecular weight excluding hydrogens is 292 g/mol. The van der Waals surface area contributed by atoms with Gasteiger partial charge in [0.25, 0.3) is 0 Å². The molecule has 1 amide bonds. The number of piperidine rings is 1. The molecule has 1 aliphatic rings. The summed E-state index contributed by atoms with van der Waals surface area (Å²) in [4.78, 5) is 25.3. The van der Waals surface area contributed by atoms with Gasteiger partial charge in [-0.05, 0) is 50.6 Å². The minimum absolute atomic E-state index is 0.167. The molecule has 0 bridgehead atoms. The number of carbonyl (C=O) groups excluding carboxylic acids is 1. The van der Waals surface area contributed by atoms with Crippen molar-refractivity contribution in [2.24, 2.45) is 5.41 Å². The lowest BCUT2D eigenvalue weighted by Crippen LogP contribution is -2.51. The molecule has 0 radical (unpaired) electrons. The Morgan fingerprint density at radius 3 is 2.57 bits per heavy atom. The lowest BCUT2D eigenvalue weighted by Gasteiger charge is -2.37. The Hall–Kier alpha value is -1.59. The van der Waals surface area contributed by atoms with Crippen molar-refractivity contribution in [2.75, 3.05) is 24.5 Å². The van der Waals surface area contributed by atoms with E-state index in [0.717, 1.165) is 19.4 Å². The fraction of sp³-hybridized carbons (Fsp3) is 0.467. The van der Waals surface area contributed by atoms with E-state index in [1.807, 2.05) is 6.92 Å². The van der Waals surface area contributed by atoms with E-state index in [0.29, 0.717) is 17.3 Å². The van der Waals surface area contributed by atoms with Crippen LogP contribution in [0.3, 0.4) is 0 Å². The zero-order valence-electron chi connectivity index (χ0n) is 11.9. The molecule has 0 aliphatic carbocycles. The van der Waals surface area contributed by atoms with Crippen molar-refractivity contribution in [1.29, 1.82) is 0 Å². The molecule has 1 atom stereocenters. The molecule has 1 unspecified atom stereocenters. The third kappa shape index (κ3) is 3.74. The molecule has 6 heteroatoms. The SMILES string of the molecule is CC1(C(=O)N(CC(=O)O)c2ccc(Cl)cc2)CCCNC1. The van der Waals surface area contributed by atoms with Crippen molar-refractivity contribution in [2.45, 2.75) is 19.8 Å². The Balaban J connectivity index is 2.28. The molecule has 1 aliphatic heterocycles. The van der Waals surface area contributed by atoms with Crippen LogP contribution in [0.15, 0.2) is 24.3 Å². The van der Waals surface area contributed by atoms with E-state index < -0.39 is 11.4 Å². The molecule has 1 aromatic rings. The van der Waals surface area contributed by atoms with Crippen LogP contribution in [0.5, 0.6) is 0 Å². The number of aliphatic carboxylic acids is 1. The summed E-state index contributed by atoms with van der Waals surface area (Å²) in [6, 6.07) is 6.65. The van der Waals surface area contributed by atoms with Crippen LogP contribution in [0.4, 0.5) is 5.69 Å². The van der Waals surface area contributed by atoms with Crippen LogP contribution in [0.2, 0.25) is 5.02 Å². The Bertz CT molecular complexity index is 524. The molecule has 1 fully saturated rings.